The van der Waals surface area contributed by atoms with E-state index in [0.717, 1.165) is 32.3 Å². The van der Waals surface area contributed by atoms with Crippen LogP contribution in [0.4, 0.5) is 11.4 Å². The zero-order valence-corrected chi connectivity index (χ0v) is 36.2. The number of allylic oxidation sites excluding steroid dienone is 2. The van der Waals surface area contributed by atoms with Gasteiger partial charge < -0.3 is 18.2 Å². The molecular weight excluding hydrogens is 818 g/mol. The number of rotatable bonds is 6. The summed E-state index contributed by atoms with van der Waals surface area (Å²) in [7, 11) is 79.6. The molecule has 3 aromatic heterocycles. The Labute approximate surface area is 406 Å². The predicted molar refractivity (Wildman–Crippen MR) is 292 cm³/mol. The summed E-state index contributed by atoms with van der Waals surface area (Å²) >= 11 is 0. The van der Waals surface area contributed by atoms with E-state index < -0.39 is 6.04 Å². The summed E-state index contributed by atoms with van der Waals surface area (Å²) in [6, 6.07) is 38.7. The van der Waals surface area contributed by atoms with Gasteiger partial charge in [-0.3, -0.25) is 0 Å². The van der Waals surface area contributed by atoms with Gasteiger partial charge in [-0.1, -0.05) is 151 Å². The molecule has 8 aromatic carbocycles. The second kappa shape index (κ2) is 15.6. The standard InChI is InChI=1S/C53H22B11NO3/c54-40-37(25-13-7-19-31-34(25)22-10-1-4-16-28(22)66-31)41(55)48(62)52(47(40)61)65(51-45(59)39(44(58)46(51)60)27-15-9-21-33-36(27)24-12-3-6-18-30(24)68-33)53-49(63)42(56)38(43(57)50(53)64)26-14-8-20-32-35(26)23-11-2-5-17-29(23)67-32/h1-21,51H. The van der Waals surface area contributed by atoms with Crippen molar-refractivity contribution < 1.29 is 13.3 Å². The fourth-order valence-corrected chi connectivity index (χ4v) is 10.4. The maximum Gasteiger partial charge on any atom is 0.136 e. The number of hydrogen-bond acceptors (Lipinski definition) is 4. The molecule has 0 spiro atoms. The van der Waals surface area contributed by atoms with Gasteiger partial charge in [0.2, 0.25) is 0 Å². The molecule has 0 aliphatic heterocycles. The molecule has 0 N–H and O–H groups in total. The SMILES string of the molecule is [B]C1=C([B])C(N(c2c([B])c([B])c(-c3cccc4oc5ccccc5c34)c([B])c2[B])c2c([B])c([B])c(-c3cccc4oc5ccccc5c34)c([B])c2[B])C([B])=C1c1cccc2oc3ccccc3c12. The Hall–Kier alpha value is -6.85. The zero-order chi connectivity index (χ0) is 47.0. The van der Waals surface area contributed by atoms with E-state index >= 15 is 0 Å². The Balaban J connectivity index is 1.15. The number of benzene rings is 8. The molecule has 0 saturated heterocycles. The van der Waals surface area contributed by atoms with Gasteiger partial charge in [-0.05, 0) is 69.8 Å². The Morgan fingerprint density at radius 3 is 1.03 bits per heavy atom. The highest BCUT2D eigenvalue weighted by atomic mass is 16.3. The summed E-state index contributed by atoms with van der Waals surface area (Å²) in [6.45, 7) is 0. The molecule has 12 rings (SSSR count). The van der Waals surface area contributed by atoms with Gasteiger partial charge in [0.1, 0.15) is 120 Å². The van der Waals surface area contributed by atoms with Crippen LogP contribution >= 0.6 is 0 Å². The van der Waals surface area contributed by atoms with Gasteiger partial charge in [-0.2, -0.15) is 0 Å². The molecule has 11 aromatic rings. The minimum atomic E-state index is -1.18. The minimum Gasteiger partial charge on any atom is -0.456 e. The summed E-state index contributed by atoms with van der Waals surface area (Å²) in [5.41, 5.74) is 8.05. The van der Waals surface area contributed by atoms with Crippen LogP contribution in [0, 0.1) is 0 Å². The maximum absolute atomic E-state index is 7.41. The molecule has 68 heavy (non-hydrogen) atoms. The van der Waals surface area contributed by atoms with E-state index in [-0.39, 0.29) is 71.5 Å². The average Bonchev–Trinajstić information content (AvgIpc) is 4.09. The van der Waals surface area contributed by atoms with Crippen molar-refractivity contribution in [3.05, 3.63) is 149 Å². The van der Waals surface area contributed by atoms with Crippen molar-refractivity contribution in [3.63, 3.8) is 0 Å². The molecule has 1 atom stereocenters. The zero-order valence-electron chi connectivity index (χ0n) is 36.2. The molecule has 0 saturated carbocycles. The Kier molecular flexibility index (Phi) is 9.75. The average molecular weight is 840 g/mol. The van der Waals surface area contributed by atoms with Crippen LogP contribution < -0.4 is 48.6 Å². The number of para-hydroxylation sites is 3. The maximum atomic E-state index is 7.41. The van der Waals surface area contributed by atoms with Gasteiger partial charge in [0, 0.05) is 43.7 Å². The largest absolute Gasteiger partial charge is 0.456 e. The molecule has 1 aliphatic rings. The molecule has 4 nitrogen and oxygen atoms in total. The van der Waals surface area contributed by atoms with Crippen molar-refractivity contribution in [1.29, 1.82) is 0 Å². The van der Waals surface area contributed by atoms with Gasteiger partial charge >= 0.3 is 0 Å². The lowest BCUT2D eigenvalue weighted by Gasteiger charge is -2.42. The third-order valence-electron chi connectivity index (χ3n) is 13.5. The topological polar surface area (TPSA) is 42.7 Å². The smallest absolute Gasteiger partial charge is 0.136 e. The molecular formula is C53H22B11NO3. The highest BCUT2D eigenvalue weighted by Crippen LogP contribution is 2.45. The first-order valence-corrected chi connectivity index (χ1v) is 21.6. The summed E-state index contributed by atoms with van der Waals surface area (Å²) in [5, 5.41) is 4.85. The molecule has 15 heteroatoms. The molecule has 3 heterocycles. The van der Waals surface area contributed by atoms with Crippen LogP contribution in [0.25, 0.3) is 93.6 Å². The van der Waals surface area contributed by atoms with Crippen LogP contribution in [0.3, 0.4) is 0 Å². The van der Waals surface area contributed by atoms with E-state index in [4.69, 9.17) is 99.6 Å². The first-order valence-electron chi connectivity index (χ1n) is 21.6. The molecule has 0 amide bonds. The van der Waals surface area contributed by atoms with Crippen molar-refractivity contribution >= 4 is 213 Å². The van der Waals surface area contributed by atoms with E-state index in [9.17, 15) is 0 Å². The van der Waals surface area contributed by atoms with Crippen LogP contribution in [-0.4, -0.2) is 92.4 Å². The van der Waals surface area contributed by atoms with Gasteiger partial charge in [-0.15, -0.1) is 0 Å². The van der Waals surface area contributed by atoms with Crippen LogP contribution in [0.2, 0.25) is 0 Å². The number of fused-ring (bicyclic) bond motifs is 9. The summed E-state index contributed by atoms with van der Waals surface area (Å²) < 4.78 is 18.7. The van der Waals surface area contributed by atoms with E-state index in [1.54, 1.807) is 4.90 Å². The lowest BCUT2D eigenvalue weighted by atomic mass is 9.62. The van der Waals surface area contributed by atoms with Crippen molar-refractivity contribution in [3.8, 4) is 22.3 Å². The fraction of sp³-hybridized carbons (Fsp3) is 0.0189. The van der Waals surface area contributed by atoms with Gasteiger partial charge in [0.15, 0.2) is 0 Å². The monoisotopic (exact) mass is 841 g/mol. The first kappa shape index (κ1) is 42.5. The van der Waals surface area contributed by atoms with Gasteiger partial charge in [0.25, 0.3) is 0 Å². The summed E-state index contributed by atoms with van der Waals surface area (Å²) in [4.78, 5) is 1.60. The second-order valence-corrected chi connectivity index (χ2v) is 17.1. The van der Waals surface area contributed by atoms with Gasteiger partial charge in [-0.25, -0.2) is 0 Å². The van der Waals surface area contributed by atoms with Crippen molar-refractivity contribution in [2.75, 3.05) is 4.90 Å². The van der Waals surface area contributed by atoms with E-state index in [0.29, 0.717) is 66.9 Å². The second-order valence-electron chi connectivity index (χ2n) is 17.1. The van der Waals surface area contributed by atoms with Crippen LogP contribution in [0.15, 0.2) is 157 Å². The summed E-state index contributed by atoms with van der Waals surface area (Å²) in [6.07, 6.45) is 0. The molecule has 22 radical (unpaired) electrons. The quantitative estimate of drug-likeness (QED) is 0.240. The van der Waals surface area contributed by atoms with E-state index in [1.165, 1.54) is 0 Å². The summed E-state index contributed by atoms with van der Waals surface area (Å²) in [5.74, 6) is 0. The van der Waals surface area contributed by atoms with E-state index in [1.807, 2.05) is 127 Å². The lowest BCUT2D eigenvalue weighted by Crippen LogP contribution is -2.54. The van der Waals surface area contributed by atoms with Crippen LogP contribution in [-0.2, 0) is 0 Å². The highest BCUT2D eigenvalue weighted by Gasteiger charge is 2.37. The minimum absolute atomic E-state index is 0.00158. The Bertz CT molecular complexity index is 3850. The van der Waals surface area contributed by atoms with Crippen LogP contribution in [0.1, 0.15) is 5.56 Å². The first-order chi connectivity index (χ1) is 32.9. The molecule has 0 fully saturated rings. The molecule has 0 bridgehead atoms. The van der Waals surface area contributed by atoms with Crippen molar-refractivity contribution in [2.24, 2.45) is 0 Å². The predicted octanol–water partition coefficient (Wildman–Crippen LogP) is 3.72. The Morgan fingerprint density at radius 2 is 0.647 bits per heavy atom. The number of anilines is 2. The third-order valence-corrected chi connectivity index (χ3v) is 13.5. The number of nitrogens with zero attached hydrogens (tertiary/aromatic N) is 1. The van der Waals surface area contributed by atoms with Crippen LogP contribution in [0.5, 0.6) is 0 Å². The number of hydrogen-bond donors (Lipinski definition) is 0. The van der Waals surface area contributed by atoms with Crippen molar-refractivity contribution in [1.82, 2.24) is 0 Å². The Morgan fingerprint density at radius 1 is 0.324 bits per heavy atom. The van der Waals surface area contributed by atoms with Gasteiger partial charge in [0.05, 0.1) is 6.04 Å². The van der Waals surface area contributed by atoms with E-state index in [2.05, 4.69) is 0 Å². The molecule has 1 aliphatic carbocycles. The third kappa shape index (κ3) is 5.90. The molecule has 290 valence electrons. The normalized spacial score (nSPS) is 14.3. The fourth-order valence-electron chi connectivity index (χ4n) is 10.4. The molecule has 1 unspecified atom stereocenters. The lowest BCUT2D eigenvalue weighted by molar-refractivity contribution is 0.668. The highest BCUT2D eigenvalue weighted by molar-refractivity contribution is 6.66. The van der Waals surface area contributed by atoms with Crippen molar-refractivity contribution in [2.45, 2.75) is 6.04 Å². The number of furan rings is 3.